The quantitative estimate of drug-likeness (QED) is 0.388. The summed E-state index contributed by atoms with van der Waals surface area (Å²) < 4.78 is 0.903. The monoisotopic (exact) mass is 467 g/mol. The Morgan fingerprint density at radius 2 is 2.08 bits per heavy atom. The first-order chi connectivity index (χ1) is 12.1. The molecule has 0 aromatic heterocycles. The number of hydrogen-bond acceptors (Lipinski definition) is 5. The molecule has 0 bridgehead atoms. The van der Waals surface area contributed by atoms with E-state index in [2.05, 4.69) is 27.6 Å². The summed E-state index contributed by atoms with van der Waals surface area (Å²) in [4.78, 5) is 29.3. The number of amides is 1. The molecule has 8 heteroatoms. The summed E-state index contributed by atoms with van der Waals surface area (Å²) in [6, 6.07) is 14.0. The predicted molar refractivity (Wildman–Crippen MR) is 107 cm³/mol. The zero-order valence-corrected chi connectivity index (χ0v) is 16.1. The standard InChI is InChI=1S/C17H14IN3O3S/c18-15-7-2-1-6-14(15)16(22)20-9-8-19-17(20)25-11-12-4-3-5-13(10-12)21(23)24/h1-7,10H,8-9,11H2. The van der Waals surface area contributed by atoms with Crippen LogP contribution in [0, 0.1) is 13.7 Å². The highest BCUT2D eigenvalue weighted by atomic mass is 127. The van der Waals surface area contributed by atoms with E-state index >= 15 is 0 Å². The molecule has 2 aromatic carbocycles. The number of nitro groups is 1. The molecule has 6 nitrogen and oxygen atoms in total. The van der Waals surface area contributed by atoms with E-state index in [4.69, 9.17) is 0 Å². The van der Waals surface area contributed by atoms with Crippen LogP contribution in [0.15, 0.2) is 53.5 Å². The van der Waals surface area contributed by atoms with E-state index in [0.717, 1.165) is 9.13 Å². The molecule has 0 spiro atoms. The summed E-state index contributed by atoms with van der Waals surface area (Å²) >= 11 is 3.58. The Morgan fingerprint density at radius 1 is 1.28 bits per heavy atom. The first-order valence-electron chi connectivity index (χ1n) is 7.53. The molecule has 128 valence electrons. The van der Waals surface area contributed by atoms with Crippen LogP contribution in [0.3, 0.4) is 0 Å². The Morgan fingerprint density at radius 3 is 2.84 bits per heavy atom. The van der Waals surface area contributed by atoms with Gasteiger partial charge in [0.15, 0.2) is 5.17 Å². The third-order valence-corrected chi connectivity index (χ3v) is 5.67. The molecule has 1 amide bonds. The highest BCUT2D eigenvalue weighted by molar-refractivity contribution is 14.1. The first kappa shape index (κ1) is 17.9. The first-order valence-corrected chi connectivity index (χ1v) is 9.59. The Kier molecular flexibility index (Phi) is 5.69. The van der Waals surface area contributed by atoms with Crippen LogP contribution in [-0.4, -0.2) is 34.0 Å². The number of hydrogen-bond donors (Lipinski definition) is 0. The molecule has 0 atom stereocenters. The van der Waals surface area contributed by atoms with Crippen LogP contribution in [0.5, 0.6) is 0 Å². The molecular formula is C17H14IN3O3S. The number of non-ortho nitro benzene ring substituents is 1. The lowest BCUT2D eigenvalue weighted by Crippen LogP contribution is -2.33. The van der Waals surface area contributed by atoms with Crippen molar-refractivity contribution in [1.29, 1.82) is 0 Å². The lowest BCUT2D eigenvalue weighted by Gasteiger charge is -2.18. The molecule has 0 radical (unpaired) electrons. The van der Waals surface area contributed by atoms with E-state index in [0.29, 0.717) is 29.6 Å². The maximum Gasteiger partial charge on any atom is 0.269 e. The third-order valence-electron chi connectivity index (χ3n) is 3.64. The number of nitrogens with zero attached hydrogens (tertiary/aromatic N) is 3. The second kappa shape index (κ2) is 7.96. The summed E-state index contributed by atoms with van der Waals surface area (Å²) in [6.07, 6.45) is 0. The summed E-state index contributed by atoms with van der Waals surface area (Å²) in [5, 5.41) is 11.5. The van der Waals surface area contributed by atoms with Crippen LogP contribution in [0.1, 0.15) is 15.9 Å². The van der Waals surface area contributed by atoms with Gasteiger partial charge in [0.1, 0.15) is 0 Å². The van der Waals surface area contributed by atoms with Gasteiger partial charge in [0.05, 0.1) is 17.0 Å². The fraction of sp³-hybridized carbons (Fsp3) is 0.176. The van der Waals surface area contributed by atoms with Crippen molar-refractivity contribution in [2.45, 2.75) is 5.75 Å². The van der Waals surface area contributed by atoms with Gasteiger partial charge in [-0.2, -0.15) is 0 Å². The second-order valence-electron chi connectivity index (χ2n) is 5.32. The molecule has 3 rings (SSSR count). The van der Waals surface area contributed by atoms with Crippen molar-refractivity contribution in [2.24, 2.45) is 4.99 Å². The maximum absolute atomic E-state index is 12.8. The summed E-state index contributed by atoms with van der Waals surface area (Å²) in [7, 11) is 0. The minimum atomic E-state index is -0.408. The van der Waals surface area contributed by atoms with E-state index in [1.54, 1.807) is 17.0 Å². The van der Waals surface area contributed by atoms with Gasteiger partial charge >= 0.3 is 0 Å². The largest absolute Gasteiger partial charge is 0.286 e. The number of thioether (sulfide) groups is 1. The third kappa shape index (κ3) is 4.18. The Hall–Kier alpha value is -1.94. The molecule has 0 unspecified atom stereocenters. The van der Waals surface area contributed by atoms with Crippen LogP contribution in [-0.2, 0) is 5.75 Å². The normalized spacial score (nSPS) is 13.6. The smallest absolute Gasteiger partial charge is 0.269 e. The molecule has 0 fully saturated rings. The van der Waals surface area contributed by atoms with Gasteiger partial charge in [0.25, 0.3) is 11.6 Å². The van der Waals surface area contributed by atoms with Crippen molar-refractivity contribution >= 4 is 51.1 Å². The van der Waals surface area contributed by atoms with Crippen LogP contribution in [0.4, 0.5) is 5.69 Å². The molecule has 1 aliphatic heterocycles. The van der Waals surface area contributed by atoms with E-state index in [1.165, 1.54) is 17.8 Å². The molecule has 1 aliphatic rings. The number of nitro benzene ring substituents is 1. The highest BCUT2D eigenvalue weighted by Crippen LogP contribution is 2.24. The summed E-state index contributed by atoms with van der Waals surface area (Å²) in [5.41, 5.74) is 1.56. The number of carbonyl (C=O) groups excluding carboxylic acids is 1. The minimum absolute atomic E-state index is 0.0622. The number of rotatable bonds is 4. The van der Waals surface area contributed by atoms with Crippen molar-refractivity contribution in [2.75, 3.05) is 13.1 Å². The lowest BCUT2D eigenvalue weighted by molar-refractivity contribution is -0.384. The molecule has 0 N–H and O–H groups in total. The second-order valence-corrected chi connectivity index (χ2v) is 7.42. The van der Waals surface area contributed by atoms with E-state index < -0.39 is 4.92 Å². The van der Waals surface area contributed by atoms with Gasteiger partial charge in [0.2, 0.25) is 0 Å². The van der Waals surface area contributed by atoms with Crippen LogP contribution >= 0.6 is 34.4 Å². The van der Waals surface area contributed by atoms with Crippen LogP contribution in [0.25, 0.3) is 0 Å². The number of carbonyl (C=O) groups is 1. The van der Waals surface area contributed by atoms with Crippen LogP contribution < -0.4 is 0 Å². The van der Waals surface area contributed by atoms with Crippen molar-refractivity contribution in [1.82, 2.24) is 4.90 Å². The van der Waals surface area contributed by atoms with Gasteiger partial charge in [-0.05, 0) is 40.3 Å². The number of halogens is 1. The SMILES string of the molecule is O=C(c1ccccc1I)N1CCN=C1SCc1cccc([N+](=O)[O-])c1. The summed E-state index contributed by atoms with van der Waals surface area (Å²) in [5.74, 6) is 0.462. The fourth-order valence-electron chi connectivity index (χ4n) is 2.43. The molecular weight excluding hydrogens is 453 g/mol. The van der Waals surface area contributed by atoms with Gasteiger partial charge in [-0.25, -0.2) is 0 Å². The number of aliphatic imine (C=N–C) groups is 1. The van der Waals surface area contributed by atoms with Crippen LogP contribution in [0.2, 0.25) is 0 Å². The summed E-state index contributed by atoms with van der Waals surface area (Å²) in [6.45, 7) is 1.13. The van der Waals surface area contributed by atoms with E-state index in [-0.39, 0.29) is 11.6 Å². The van der Waals surface area contributed by atoms with Gasteiger partial charge in [-0.3, -0.25) is 24.8 Å². The van der Waals surface area contributed by atoms with Crippen molar-refractivity contribution in [3.05, 3.63) is 73.3 Å². The molecule has 1 heterocycles. The zero-order chi connectivity index (χ0) is 17.8. The molecule has 0 saturated heterocycles. The predicted octanol–water partition coefficient (Wildman–Crippen LogP) is 3.94. The average molecular weight is 467 g/mol. The number of amidine groups is 1. The van der Waals surface area contributed by atoms with Gasteiger partial charge in [0, 0.05) is 28.0 Å². The number of benzene rings is 2. The zero-order valence-electron chi connectivity index (χ0n) is 13.1. The van der Waals surface area contributed by atoms with Crippen molar-refractivity contribution in [3.63, 3.8) is 0 Å². The van der Waals surface area contributed by atoms with E-state index in [1.807, 2.05) is 30.3 Å². The Labute approximate surface area is 162 Å². The molecule has 0 saturated carbocycles. The lowest BCUT2D eigenvalue weighted by atomic mass is 10.2. The molecule has 2 aromatic rings. The minimum Gasteiger partial charge on any atom is -0.286 e. The van der Waals surface area contributed by atoms with Crippen molar-refractivity contribution < 1.29 is 9.72 Å². The van der Waals surface area contributed by atoms with Gasteiger partial charge in [-0.15, -0.1) is 0 Å². The van der Waals surface area contributed by atoms with Gasteiger partial charge in [-0.1, -0.05) is 36.0 Å². The Balaban J connectivity index is 1.70. The molecule has 25 heavy (non-hydrogen) atoms. The molecule has 0 aliphatic carbocycles. The fourth-order valence-corrected chi connectivity index (χ4v) is 4.03. The Bertz CT molecular complexity index is 857. The highest BCUT2D eigenvalue weighted by Gasteiger charge is 2.26. The van der Waals surface area contributed by atoms with E-state index in [9.17, 15) is 14.9 Å². The van der Waals surface area contributed by atoms with Crippen molar-refractivity contribution in [3.8, 4) is 0 Å². The average Bonchev–Trinajstić information content (AvgIpc) is 3.08. The van der Waals surface area contributed by atoms with Gasteiger partial charge < -0.3 is 0 Å². The topological polar surface area (TPSA) is 75.8 Å². The maximum atomic E-state index is 12.8.